The van der Waals surface area contributed by atoms with Crippen LogP contribution in [0.3, 0.4) is 0 Å². The van der Waals surface area contributed by atoms with Crippen LogP contribution < -0.4 is 14.0 Å². The Morgan fingerprint density at radius 2 is 1.66 bits per heavy atom. The second-order valence-corrected chi connectivity index (χ2v) is 10.5. The van der Waals surface area contributed by atoms with Gasteiger partial charge in [-0.3, -0.25) is 0 Å². The molecule has 0 aliphatic carbocycles. The predicted octanol–water partition coefficient (Wildman–Crippen LogP) is 5.46. The molecule has 0 N–H and O–H groups in total. The van der Waals surface area contributed by atoms with Crippen LogP contribution in [0.25, 0.3) is 21.1 Å². The first-order chi connectivity index (χ1) is 15.4. The summed E-state index contributed by atoms with van der Waals surface area (Å²) in [6.45, 7) is 0. The van der Waals surface area contributed by atoms with Gasteiger partial charge in [0, 0.05) is 10.8 Å². The first-order valence-corrected chi connectivity index (χ1v) is 12.4. The molecule has 0 aliphatic heterocycles. The van der Waals surface area contributed by atoms with Gasteiger partial charge in [-0.05, 0) is 29.6 Å². The van der Waals surface area contributed by atoms with Crippen molar-refractivity contribution in [3.8, 4) is 5.75 Å². The van der Waals surface area contributed by atoms with Crippen molar-refractivity contribution in [3.05, 3.63) is 87.9 Å². The number of carbonyl (C=O) groups excluding carboxylic acids is 1. The fraction of sp³-hybridized carbons (Fsp3) is 0. The molecule has 0 saturated carbocycles. The molecule has 0 bridgehead atoms. The summed E-state index contributed by atoms with van der Waals surface area (Å²) in [5, 5.41) is 2.54. The molecule has 1 amide bonds. The zero-order valence-corrected chi connectivity index (χ0v) is 18.6. The number of hydrogen-bond acceptors (Lipinski definition) is 8. The molecule has 0 fully saturated rings. The van der Waals surface area contributed by atoms with Crippen LogP contribution >= 0.6 is 22.7 Å². The van der Waals surface area contributed by atoms with Gasteiger partial charge in [0.25, 0.3) is 10.0 Å². The topological polar surface area (TPSA) is 93.9 Å². The molecule has 0 spiro atoms. The zero-order chi connectivity index (χ0) is 22.3. The van der Waals surface area contributed by atoms with Crippen molar-refractivity contribution in [1.82, 2.24) is 0 Å². The van der Waals surface area contributed by atoms with E-state index in [4.69, 9.17) is 9.15 Å². The van der Waals surface area contributed by atoms with E-state index in [1.165, 1.54) is 12.1 Å². The summed E-state index contributed by atoms with van der Waals surface area (Å²) >= 11 is 1.82. The van der Waals surface area contributed by atoms with Gasteiger partial charge in [0.1, 0.15) is 9.96 Å². The van der Waals surface area contributed by atoms with Crippen molar-refractivity contribution in [1.29, 1.82) is 0 Å². The number of fused-ring (bicyclic) bond motifs is 3. The normalized spacial score (nSPS) is 11.6. The largest absolute Gasteiger partial charge is 0.434 e. The van der Waals surface area contributed by atoms with Crippen molar-refractivity contribution in [3.63, 3.8) is 0 Å². The Labute approximate surface area is 189 Å². The van der Waals surface area contributed by atoms with Crippen molar-refractivity contribution < 1.29 is 22.4 Å². The third-order valence-corrected chi connectivity index (χ3v) is 8.47. The van der Waals surface area contributed by atoms with E-state index < -0.39 is 21.1 Å². The highest BCUT2D eigenvalue weighted by atomic mass is 32.2. The van der Waals surface area contributed by atoms with Crippen LogP contribution in [0.4, 0.5) is 10.5 Å². The van der Waals surface area contributed by atoms with Gasteiger partial charge in [0.05, 0.1) is 10.4 Å². The fourth-order valence-electron chi connectivity index (χ4n) is 3.30. The van der Waals surface area contributed by atoms with Gasteiger partial charge in [-0.2, -0.15) is 12.7 Å². The van der Waals surface area contributed by atoms with Crippen molar-refractivity contribution in [2.24, 2.45) is 0 Å². The summed E-state index contributed by atoms with van der Waals surface area (Å²) in [6.07, 6.45) is -1.09. The average molecular weight is 484 g/mol. The summed E-state index contributed by atoms with van der Waals surface area (Å²) in [5.74, 6) is 0.197. The molecule has 10 heteroatoms. The molecule has 0 unspecified atom stereocenters. The van der Waals surface area contributed by atoms with E-state index in [2.05, 4.69) is 0 Å². The molecule has 0 aliphatic rings. The Kier molecular flexibility index (Phi) is 5.04. The lowest BCUT2D eigenvalue weighted by atomic mass is 10.1. The lowest BCUT2D eigenvalue weighted by molar-refractivity contribution is 0.211. The maximum absolute atomic E-state index is 13.6. The summed E-state index contributed by atoms with van der Waals surface area (Å²) in [5.41, 5.74) is 0.406. The maximum Gasteiger partial charge on any atom is 0.434 e. The van der Waals surface area contributed by atoms with Crippen LogP contribution in [-0.2, 0) is 10.0 Å². The van der Waals surface area contributed by atoms with Crippen LogP contribution in [0.2, 0.25) is 0 Å². The Bertz CT molecular complexity index is 1600. The van der Waals surface area contributed by atoms with E-state index in [9.17, 15) is 18.0 Å². The average Bonchev–Trinajstić information content (AvgIpc) is 3.44. The number of benzene rings is 3. The molecule has 3 aromatic carbocycles. The lowest BCUT2D eigenvalue weighted by Crippen LogP contribution is -2.38. The third kappa shape index (κ3) is 3.48. The van der Waals surface area contributed by atoms with Crippen molar-refractivity contribution >= 4 is 65.5 Å². The molecule has 0 radical (unpaired) electrons. The van der Waals surface area contributed by atoms with Crippen LogP contribution in [0.15, 0.2) is 91.6 Å². The minimum Gasteiger partial charge on any atom is -0.413 e. The predicted molar refractivity (Wildman–Crippen MR) is 124 cm³/mol. The highest BCUT2D eigenvalue weighted by Crippen LogP contribution is 2.38. The Morgan fingerprint density at radius 3 is 2.38 bits per heavy atom. The molecular formula is C22H13NO6S3. The van der Waals surface area contributed by atoms with Crippen LogP contribution in [0.1, 0.15) is 0 Å². The van der Waals surface area contributed by atoms with Crippen molar-refractivity contribution in [2.45, 2.75) is 4.21 Å². The van der Waals surface area contributed by atoms with Gasteiger partial charge in [0.15, 0.2) is 5.58 Å². The molecule has 5 rings (SSSR count). The second-order valence-electron chi connectivity index (χ2n) is 6.61. The number of carbonyl (C=O) groups is 1. The molecule has 160 valence electrons. The van der Waals surface area contributed by atoms with E-state index in [1.807, 2.05) is 0 Å². The highest BCUT2D eigenvalue weighted by molar-refractivity contribution is 7.95. The number of sulfonamides is 1. The Hall–Kier alpha value is -3.47. The molecular weight excluding hydrogens is 470 g/mol. The van der Waals surface area contributed by atoms with Crippen LogP contribution in [0.5, 0.6) is 5.75 Å². The van der Waals surface area contributed by atoms with Gasteiger partial charge < -0.3 is 9.15 Å². The number of ether oxygens (including phenoxy) is 1. The fourth-order valence-corrected chi connectivity index (χ4v) is 6.42. The molecule has 0 saturated heterocycles. The first-order valence-electron chi connectivity index (χ1n) is 9.26. The minimum atomic E-state index is -4.31. The van der Waals surface area contributed by atoms with Gasteiger partial charge in [0.2, 0.25) is 0 Å². The smallest absolute Gasteiger partial charge is 0.413 e. The number of anilines is 1. The SMILES string of the molecule is O=C(Oc1ccccc1)N(c1cc2sc(=O)oc2c2ccccc12)S(=O)(=O)c1cccs1. The molecule has 2 aromatic heterocycles. The molecule has 32 heavy (non-hydrogen) atoms. The number of amides is 1. The molecule has 2 heterocycles. The van der Waals surface area contributed by atoms with Crippen LogP contribution in [-0.4, -0.2) is 14.5 Å². The number of para-hydroxylation sites is 1. The highest BCUT2D eigenvalue weighted by Gasteiger charge is 2.35. The maximum atomic E-state index is 13.6. The standard InChI is InChI=1S/C22H13NO6S3/c24-21(28-14-7-2-1-3-8-14)23(32(26,27)19-11-6-12-30-19)17-13-18-20(29-22(25)31-18)16-10-5-4-9-15(16)17/h1-13H. The summed E-state index contributed by atoms with van der Waals surface area (Å²) in [6, 6.07) is 19.5. The van der Waals surface area contributed by atoms with Gasteiger partial charge in [-0.1, -0.05) is 59.9 Å². The first kappa shape index (κ1) is 20.4. The zero-order valence-electron chi connectivity index (χ0n) is 16.1. The van der Waals surface area contributed by atoms with Crippen molar-refractivity contribution in [2.75, 3.05) is 4.31 Å². The summed E-state index contributed by atoms with van der Waals surface area (Å²) in [7, 11) is -4.31. The monoisotopic (exact) mass is 483 g/mol. The van der Waals surface area contributed by atoms with E-state index in [-0.39, 0.29) is 15.6 Å². The number of thiophene rings is 1. The second kappa shape index (κ2) is 7.90. The van der Waals surface area contributed by atoms with Gasteiger partial charge >= 0.3 is 11.0 Å². The molecule has 7 nitrogen and oxygen atoms in total. The van der Waals surface area contributed by atoms with Gasteiger partial charge in [-0.15, -0.1) is 11.3 Å². The quantitative estimate of drug-likeness (QED) is 0.337. The Morgan fingerprint density at radius 1 is 0.938 bits per heavy atom. The molecule has 5 aromatic rings. The number of rotatable bonds is 4. The number of nitrogens with zero attached hydrogens (tertiary/aromatic N) is 1. The van der Waals surface area contributed by atoms with E-state index >= 15 is 0 Å². The van der Waals surface area contributed by atoms with Gasteiger partial charge in [-0.25, -0.2) is 9.59 Å². The molecule has 0 atom stereocenters. The number of hydrogen-bond donors (Lipinski definition) is 0. The van der Waals surface area contributed by atoms with E-state index in [0.717, 1.165) is 22.7 Å². The third-order valence-electron chi connectivity index (χ3n) is 4.64. The Balaban J connectivity index is 1.77. The van der Waals surface area contributed by atoms with E-state index in [1.54, 1.807) is 66.0 Å². The van der Waals surface area contributed by atoms with E-state index in [0.29, 0.717) is 25.4 Å². The summed E-state index contributed by atoms with van der Waals surface area (Å²) in [4.78, 5) is 24.7. The van der Waals surface area contributed by atoms with Crippen LogP contribution in [0, 0.1) is 0 Å². The minimum absolute atomic E-state index is 0.0212. The lowest BCUT2D eigenvalue weighted by Gasteiger charge is -2.22. The summed E-state index contributed by atoms with van der Waals surface area (Å²) < 4.78 is 38.9.